The van der Waals surface area contributed by atoms with E-state index in [-0.39, 0.29) is 12.3 Å². The molecule has 0 aromatic carbocycles. The third kappa shape index (κ3) is 3.63. The minimum atomic E-state index is -1.03. The normalized spacial score (nSPS) is 11.9. The third-order valence-corrected chi connectivity index (χ3v) is 4.06. The number of nitrogens with zero attached hydrogens (tertiary/aromatic N) is 3. The van der Waals surface area contributed by atoms with E-state index in [0.29, 0.717) is 5.69 Å². The Bertz CT molecular complexity index is 642. The molecular formula is C14H15N3O3S. The smallest absolute Gasteiger partial charge is 0.326 e. The second-order valence-corrected chi connectivity index (χ2v) is 5.44. The number of aliphatic carboxylic acids is 1. The van der Waals surface area contributed by atoms with Gasteiger partial charge in [0.25, 0.3) is 0 Å². The predicted octanol–water partition coefficient (Wildman–Crippen LogP) is 1.68. The lowest BCUT2D eigenvalue weighted by molar-refractivity contribution is -0.148. The summed E-state index contributed by atoms with van der Waals surface area (Å²) in [5, 5.41) is 11.5. The first-order valence-corrected chi connectivity index (χ1v) is 7.20. The van der Waals surface area contributed by atoms with Crippen molar-refractivity contribution in [1.82, 2.24) is 14.9 Å². The molecule has 2 heterocycles. The number of aromatic nitrogens is 2. The molecule has 0 saturated carbocycles. The fraction of sp³-hybridized carbons (Fsp3) is 0.286. The maximum atomic E-state index is 12.0. The van der Waals surface area contributed by atoms with E-state index in [0.717, 1.165) is 10.6 Å². The lowest BCUT2D eigenvalue weighted by Gasteiger charge is -2.20. The number of carboxylic acids is 1. The van der Waals surface area contributed by atoms with Crippen LogP contribution in [0, 0.1) is 0 Å². The topological polar surface area (TPSA) is 83.4 Å². The van der Waals surface area contributed by atoms with E-state index in [4.69, 9.17) is 5.11 Å². The molecule has 1 N–H and O–H groups in total. The average molecular weight is 305 g/mol. The second-order valence-electron chi connectivity index (χ2n) is 4.58. The number of rotatable bonds is 5. The van der Waals surface area contributed by atoms with Crippen LogP contribution in [0.1, 0.15) is 12.6 Å². The standard InChI is InChI=1S/C14H15N3O3S/c1-9(14(19)20)17(2)12(18)6-11-8-21-13(16-11)10-4-3-5-15-7-10/h3-5,7-9H,6H2,1-2H3,(H,19,20). The summed E-state index contributed by atoms with van der Waals surface area (Å²) in [7, 11) is 1.48. The van der Waals surface area contributed by atoms with Crippen LogP contribution in [0.3, 0.4) is 0 Å². The van der Waals surface area contributed by atoms with Crippen LogP contribution in [0.4, 0.5) is 0 Å². The average Bonchev–Trinajstić information content (AvgIpc) is 2.95. The van der Waals surface area contributed by atoms with Crippen LogP contribution in [0.5, 0.6) is 0 Å². The Kier molecular flexibility index (Phi) is 4.64. The number of carboxylic acid groups (broad SMARTS) is 1. The van der Waals surface area contributed by atoms with Gasteiger partial charge < -0.3 is 10.0 Å². The molecule has 0 aliphatic heterocycles. The van der Waals surface area contributed by atoms with Crippen molar-refractivity contribution in [3.63, 3.8) is 0 Å². The second kappa shape index (κ2) is 6.45. The zero-order chi connectivity index (χ0) is 15.4. The summed E-state index contributed by atoms with van der Waals surface area (Å²) in [4.78, 5) is 32.5. The van der Waals surface area contributed by atoms with Gasteiger partial charge in [0.1, 0.15) is 11.0 Å². The summed E-state index contributed by atoms with van der Waals surface area (Å²) in [6.07, 6.45) is 3.48. The number of hydrogen-bond acceptors (Lipinski definition) is 5. The summed E-state index contributed by atoms with van der Waals surface area (Å²) in [6, 6.07) is 2.87. The molecule has 0 bridgehead atoms. The fourth-order valence-electron chi connectivity index (χ4n) is 1.67. The van der Waals surface area contributed by atoms with E-state index in [2.05, 4.69) is 9.97 Å². The Morgan fingerprint density at radius 1 is 1.48 bits per heavy atom. The molecule has 0 fully saturated rings. The monoisotopic (exact) mass is 305 g/mol. The van der Waals surface area contributed by atoms with Crippen molar-refractivity contribution in [3.05, 3.63) is 35.6 Å². The van der Waals surface area contributed by atoms with E-state index >= 15 is 0 Å². The van der Waals surface area contributed by atoms with Crippen molar-refractivity contribution in [2.75, 3.05) is 7.05 Å². The molecule has 6 nitrogen and oxygen atoms in total. The van der Waals surface area contributed by atoms with Gasteiger partial charge in [0.15, 0.2) is 0 Å². The van der Waals surface area contributed by atoms with Crippen molar-refractivity contribution in [2.24, 2.45) is 0 Å². The molecule has 21 heavy (non-hydrogen) atoms. The Morgan fingerprint density at radius 2 is 2.24 bits per heavy atom. The fourth-order valence-corrected chi connectivity index (χ4v) is 2.48. The molecule has 0 aliphatic rings. The summed E-state index contributed by atoms with van der Waals surface area (Å²) in [6.45, 7) is 1.47. The molecule has 1 atom stereocenters. The number of pyridine rings is 1. The van der Waals surface area contributed by atoms with E-state index < -0.39 is 12.0 Å². The Hall–Kier alpha value is -2.28. The van der Waals surface area contributed by atoms with Crippen LogP contribution >= 0.6 is 11.3 Å². The van der Waals surface area contributed by atoms with Gasteiger partial charge in [-0.1, -0.05) is 0 Å². The molecule has 1 unspecified atom stereocenters. The molecule has 1 amide bonds. The highest BCUT2D eigenvalue weighted by Crippen LogP contribution is 2.23. The van der Waals surface area contributed by atoms with Crippen LogP contribution in [-0.4, -0.2) is 44.9 Å². The molecule has 0 aliphatic carbocycles. The third-order valence-electron chi connectivity index (χ3n) is 3.12. The number of carbonyl (C=O) groups is 2. The lowest BCUT2D eigenvalue weighted by atomic mass is 10.2. The minimum Gasteiger partial charge on any atom is -0.480 e. The molecule has 2 rings (SSSR count). The van der Waals surface area contributed by atoms with Gasteiger partial charge in [0, 0.05) is 30.4 Å². The number of hydrogen-bond donors (Lipinski definition) is 1. The molecule has 0 radical (unpaired) electrons. The zero-order valence-electron chi connectivity index (χ0n) is 11.7. The molecular weight excluding hydrogens is 290 g/mol. The van der Waals surface area contributed by atoms with Crippen molar-refractivity contribution < 1.29 is 14.7 Å². The van der Waals surface area contributed by atoms with Crippen LogP contribution in [0.2, 0.25) is 0 Å². The predicted molar refractivity (Wildman–Crippen MR) is 78.9 cm³/mol. The molecule has 7 heteroatoms. The van der Waals surface area contributed by atoms with Crippen molar-refractivity contribution in [3.8, 4) is 10.6 Å². The Labute approximate surface area is 126 Å². The summed E-state index contributed by atoms with van der Waals surface area (Å²) >= 11 is 1.43. The highest BCUT2D eigenvalue weighted by Gasteiger charge is 2.22. The first-order valence-electron chi connectivity index (χ1n) is 6.32. The maximum Gasteiger partial charge on any atom is 0.326 e. The van der Waals surface area contributed by atoms with Crippen LogP contribution < -0.4 is 0 Å². The van der Waals surface area contributed by atoms with Gasteiger partial charge >= 0.3 is 5.97 Å². The quantitative estimate of drug-likeness (QED) is 0.908. The number of likely N-dealkylation sites (N-methyl/N-ethyl adjacent to an activating group) is 1. The van der Waals surface area contributed by atoms with E-state index in [1.807, 2.05) is 12.1 Å². The van der Waals surface area contributed by atoms with Crippen molar-refractivity contribution in [2.45, 2.75) is 19.4 Å². The van der Waals surface area contributed by atoms with Gasteiger partial charge in [-0.2, -0.15) is 0 Å². The largest absolute Gasteiger partial charge is 0.480 e. The van der Waals surface area contributed by atoms with Gasteiger partial charge in [-0.15, -0.1) is 11.3 Å². The highest BCUT2D eigenvalue weighted by molar-refractivity contribution is 7.13. The van der Waals surface area contributed by atoms with Crippen LogP contribution in [0.15, 0.2) is 29.9 Å². The van der Waals surface area contributed by atoms with E-state index in [1.54, 1.807) is 17.8 Å². The lowest BCUT2D eigenvalue weighted by Crippen LogP contribution is -2.41. The first-order chi connectivity index (χ1) is 9.99. The van der Waals surface area contributed by atoms with Gasteiger partial charge in [0.2, 0.25) is 5.91 Å². The van der Waals surface area contributed by atoms with Gasteiger partial charge in [0.05, 0.1) is 12.1 Å². The Balaban J connectivity index is 2.06. The summed E-state index contributed by atoms with van der Waals surface area (Å²) in [5.41, 5.74) is 1.53. The number of thiazole rings is 1. The minimum absolute atomic E-state index is 0.0882. The number of amides is 1. The SMILES string of the molecule is CC(C(=O)O)N(C)C(=O)Cc1csc(-c2cccnc2)n1. The molecule has 2 aromatic rings. The summed E-state index contributed by atoms with van der Waals surface area (Å²) in [5.74, 6) is -1.30. The van der Waals surface area contributed by atoms with E-state index in [1.165, 1.54) is 30.2 Å². The van der Waals surface area contributed by atoms with Crippen molar-refractivity contribution >= 4 is 23.2 Å². The molecule has 0 spiro atoms. The van der Waals surface area contributed by atoms with E-state index in [9.17, 15) is 9.59 Å². The summed E-state index contributed by atoms with van der Waals surface area (Å²) < 4.78 is 0. The molecule has 110 valence electrons. The van der Waals surface area contributed by atoms with Gasteiger partial charge in [-0.05, 0) is 19.1 Å². The van der Waals surface area contributed by atoms with Gasteiger partial charge in [-0.25, -0.2) is 9.78 Å². The van der Waals surface area contributed by atoms with Crippen LogP contribution in [0.25, 0.3) is 10.6 Å². The van der Waals surface area contributed by atoms with Crippen LogP contribution in [-0.2, 0) is 16.0 Å². The zero-order valence-corrected chi connectivity index (χ0v) is 12.5. The Morgan fingerprint density at radius 3 is 2.86 bits per heavy atom. The molecule has 2 aromatic heterocycles. The van der Waals surface area contributed by atoms with Crippen molar-refractivity contribution in [1.29, 1.82) is 0 Å². The highest BCUT2D eigenvalue weighted by atomic mass is 32.1. The number of carbonyl (C=O) groups excluding carboxylic acids is 1. The first kappa shape index (κ1) is 15.1. The van der Waals surface area contributed by atoms with Gasteiger partial charge in [-0.3, -0.25) is 9.78 Å². The maximum absolute atomic E-state index is 12.0. The molecule has 0 saturated heterocycles.